The van der Waals surface area contributed by atoms with Crippen LogP contribution >= 0.6 is 0 Å². The van der Waals surface area contributed by atoms with Crippen LogP contribution < -0.4 is 5.32 Å². The molecule has 0 saturated carbocycles. The van der Waals surface area contributed by atoms with Crippen molar-refractivity contribution < 1.29 is 9.53 Å². The van der Waals surface area contributed by atoms with Crippen molar-refractivity contribution in [3.63, 3.8) is 0 Å². The van der Waals surface area contributed by atoms with E-state index in [4.69, 9.17) is 4.74 Å². The van der Waals surface area contributed by atoms with Crippen LogP contribution in [0.15, 0.2) is 0 Å². The maximum Gasteiger partial charge on any atom is 0.310 e. The second-order valence-corrected chi connectivity index (χ2v) is 3.95. The molecule has 0 aliphatic carbocycles. The first-order valence-corrected chi connectivity index (χ1v) is 5.07. The van der Waals surface area contributed by atoms with Crippen molar-refractivity contribution in [2.75, 3.05) is 27.7 Å². The zero-order valence-corrected chi connectivity index (χ0v) is 9.41. The minimum Gasteiger partial charge on any atom is -0.469 e. The van der Waals surface area contributed by atoms with Crippen LogP contribution in [0.25, 0.3) is 0 Å². The van der Waals surface area contributed by atoms with Crippen LogP contribution in [-0.2, 0) is 9.53 Å². The third-order valence-corrected chi connectivity index (χ3v) is 3.28. The molecule has 82 valence electrons. The first-order chi connectivity index (χ1) is 6.61. The number of hydrogen-bond acceptors (Lipinski definition) is 4. The third-order valence-electron chi connectivity index (χ3n) is 3.28. The summed E-state index contributed by atoms with van der Waals surface area (Å²) in [4.78, 5) is 13.8. The first kappa shape index (κ1) is 11.5. The largest absolute Gasteiger partial charge is 0.469 e. The molecule has 0 aromatic carbocycles. The monoisotopic (exact) mass is 200 g/mol. The van der Waals surface area contributed by atoms with Crippen molar-refractivity contribution in [3.05, 3.63) is 0 Å². The number of nitrogens with zero attached hydrogens (tertiary/aromatic N) is 1. The van der Waals surface area contributed by atoms with Gasteiger partial charge in [0.05, 0.1) is 13.0 Å². The van der Waals surface area contributed by atoms with Gasteiger partial charge in [0.15, 0.2) is 0 Å². The van der Waals surface area contributed by atoms with Gasteiger partial charge in [-0.15, -0.1) is 0 Å². The Balaban J connectivity index is 2.71. The third kappa shape index (κ3) is 2.07. The summed E-state index contributed by atoms with van der Waals surface area (Å²) in [5.74, 6) is -0.0968. The van der Waals surface area contributed by atoms with Crippen molar-refractivity contribution in [1.29, 1.82) is 0 Å². The number of ether oxygens (including phenoxy) is 1. The smallest absolute Gasteiger partial charge is 0.310 e. The molecular weight excluding hydrogens is 180 g/mol. The average Bonchev–Trinajstić information content (AvgIpc) is 2.20. The molecule has 4 heteroatoms. The molecule has 3 unspecified atom stereocenters. The summed E-state index contributed by atoms with van der Waals surface area (Å²) in [5, 5.41) is 3.21. The van der Waals surface area contributed by atoms with Gasteiger partial charge in [0.1, 0.15) is 0 Å². The Morgan fingerprint density at radius 3 is 2.71 bits per heavy atom. The Hall–Kier alpha value is -0.610. The molecule has 1 rings (SSSR count). The van der Waals surface area contributed by atoms with Gasteiger partial charge in [0.2, 0.25) is 0 Å². The van der Waals surface area contributed by atoms with Crippen molar-refractivity contribution in [3.8, 4) is 0 Å². The number of methoxy groups -OCH3 is 1. The standard InChI is InChI=1S/C10H20N2O2/c1-7-9(11-2)8(10(13)14-4)5-6-12(7)3/h7-9,11H,5-6H2,1-4H3. The second-order valence-electron chi connectivity index (χ2n) is 3.95. The van der Waals surface area contributed by atoms with E-state index in [1.54, 1.807) is 0 Å². The van der Waals surface area contributed by atoms with Gasteiger partial charge in [-0.05, 0) is 34.0 Å². The van der Waals surface area contributed by atoms with E-state index in [-0.39, 0.29) is 17.9 Å². The van der Waals surface area contributed by atoms with Gasteiger partial charge < -0.3 is 15.0 Å². The van der Waals surface area contributed by atoms with Crippen LogP contribution in [0.2, 0.25) is 0 Å². The zero-order chi connectivity index (χ0) is 10.7. The summed E-state index contributed by atoms with van der Waals surface area (Å²) in [7, 11) is 5.44. The minimum atomic E-state index is -0.0932. The minimum absolute atomic E-state index is 0.00352. The van der Waals surface area contributed by atoms with Crippen molar-refractivity contribution in [1.82, 2.24) is 10.2 Å². The first-order valence-electron chi connectivity index (χ1n) is 5.07. The van der Waals surface area contributed by atoms with E-state index in [0.717, 1.165) is 13.0 Å². The lowest BCUT2D eigenvalue weighted by Gasteiger charge is -2.40. The van der Waals surface area contributed by atoms with E-state index < -0.39 is 0 Å². The highest BCUT2D eigenvalue weighted by Crippen LogP contribution is 2.22. The Bertz CT molecular complexity index is 208. The van der Waals surface area contributed by atoms with E-state index >= 15 is 0 Å². The molecular formula is C10H20N2O2. The summed E-state index contributed by atoms with van der Waals surface area (Å²) < 4.78 is 4.81. The fourth-order valence-corrected chi connectivity index (χ4v) is 2.19. The van der Waals surface area contributed by atoms with Crippen LogP contribution in [0.4, 0.5) is 0 Å². The van der Waals surface area contributed by atoms with Gasteiger partial charge in [0.25, 0.3) is 0 Å². The van der Waals surface area contributed by atoms with Gasteiger partial charge >= 0.3 is 5.97 Å². The molecule has 0 aromatic rings. The number of carbonyl (C=O) groups is 1. The van der Waals surface area contributed by atoms with Gasteiger partial charge in [-0.1, -0.05) is 0 Å². The molecule has 1 heterocycles. The summed E-state index contributed by atoms with van der Waals surface area (Å²) in [6, 6.07) is 0.569. The highest BCUT2D eigenvalue weighted by molar-refractivity contribution is 5.73. The molecule has 3 atom stereocenters. The molecule has 1 aliphatic rings. The second kappa shape index (κ2) is 4.75. The van der Waals surface area contributed by atoms with Crippen molar-refractivity contribution in [2.24, 2.45) is 5.92 Å². The maximum atomic E-state index is 11.5. The SMILES string of the molecule is CNC1C(C(=O)OC)CCN(C)C1C. The zero-order valence-electron chi connectivity index (χ0n) is 9.41. The van der Waals surface area contributed by atoms with Gasteiger partial charge in [-0.2, -0.15) is 0 Å². The molecule has 0 bridgehead atoms. The molecule has 1 aliphatic heterocycles. The Kier molecular flexibility index (Phi) is 3.89. The quantitative estimate of drug-likeness (QED) is 0.641. The molecule has 1 N–H and O–H groups in total. The topological polar surface area (TPSA) is 41.6 Å². The maximum absolute atomic E-state index is 11.5. The predicted octanol–water partition coefficient (Wildman–Crippen LogP) is 0.0876. The van der Waals surface area contributed by atoms with E-state index in [2.05, 4.69) is 24.2 Å². The van der Waals surface area contributed by atoms with E-state index in [1.807, 2.05) is 7.05 Å². The lowest BCUT2D eigenvalue weighted by atomic mass is 9.86. The Labute approximate surface area is 85.6 Å². The molecule has 1 saturated heterocycles. The molecule has 0 aromatic heterocycles. The number of likely N-dealkylation sites (tertiary alicyclic amines) is 1. The molecule has 0 amide bonds. The fraction of sp³-hybridized carbons (Fsp3) is 0.900. The molecule has 0 radical (unpaired) electrons. The van der Waals surface area contributed by atoms with Crippen LogP contribution in [0.3, 0.4) is 0 Å². The summed E-state index contributed by atoms with van der Waals surface area (Å²) in [5.41, 5.74) is 0. The Morgan fingerprint density at radius 2 is 2.21 bits per heavy atom. The van der Waals surface area contributed by atoms with Gasteiger partial charge in [-0.25, -0.2) is 0 Å². The fourth-order valence-electron chi connectivity index (χ4n) is 2.19. The molecule has 14 heavy (non-hydrogen) atoms. The summed E-state index contributed by atoms with van der Waals surface area (Å²) >= 11 is 0. The van der Waals surface area contributed by atoms with Crippen molar-refractivity contribution >= 4 is 5.97 Å². The van der Waals surface area contributed by atoms with Crippen LogP contribution in [0.5, 0.6) is 0 Å². The highest BCUT2D eigenvalue weighted by atomic mass is 16.5. The van der Waals surface area contributed by atoms with E-state index in [1.165, 1.54) is 7.11 Å². The highest BCUT2D eigenvalue weighted by Gasteiger charge is 2.37. The number of nitrogens with one attached hydrogen (secondary N) is 1. The number of piperidine rings is 1. The number of likely N-dealkylation sites (N-methyl/N-ethyl adjacent to an activating group) is 2. The number of carbonyl (C=O) groups excluding carboxylic acids is 1. The van der Waals surface area contributed by atoms with Crippen LogP contribution in [-0.4, -0.2) is 50.7 Å². The van der Waals surface area contributed by atoms with E-state index in [0.29, 0.717) is 6.04 Å². The lowest BCUT2D eigenvalue weighted by molar-refractivity contribution is -0.148. The number of hydrogen-bond donors (Lipinski definition) is 1. The number of esters is 1. The summed E-state index contributed by atoms with van der Waals surface area (Å²) in [6.07, 6.45) is 0.874. The number of rotatable bonds is 2. The summed E-state index contributed by atoms with van der Waals surface area (Å²) in [6.45, 7) is 3.09. The van der Waals surface area contributed by atoms with Gasteiger partial charge in [-0.3, -0.25) is 4.79 Å². The van der Waals surface area contributed by atoms with Crippen LogP contribution in [0.1, 0.15) is 13.3 Å². The van der Waals surface area contributed by atoms with Gasteiger partial charge in [0, 0.05) is 12.1 Å². The normalized spacial score (nSPS) is 34.1. The van der Waals surface area contributed by atoms with Crippen LogP contribution in [0, 0.1) is 5.92 Å². The molecule has 1 fully saturated rings. The molecule has 0 spiro atoms. The van der Waals surface area contributed by atoms with E-state index in [9.17, 15) is 4.79 Å². The Morgan fingerprint density at radius 1 is 1.57 bits per heavy atom. The van der Waals surface area contributed by atoms with Crippen molar-refractivity contribution in [2.45, 2.75) is 25.4 Å². The molecule has 4 nitrogen and oxygen atoms in total. The predicted molar refractivity (Wildman–Crippen MR) is 55.1 cm³/mol. The average molecular weight is 200 g/mol. The lowest BCUT2D eigenvalue weighted by Crippen LogP contribution is -2.56.